The third-order valence-electron chi connectivity index (χ3n) is 2.31. The zero-order chi connectivity index (χ0) is 10.8. The number of rotatable bonds is 2. The van der Waals surface area contributed by atoms with Crippen LogP contribution in [0.25, 0.3) is 5.69 Å². The van der Waals surface area contributed by atoms with Gasteiger partial charge in [0.1, 0.15) is 11.6 Å². The number of nitrogens with zero attached hydrogens (tertiary/aromatic N) is 2. The van der Waals surface area contributed by atoms with Crippen molar-refractivity contribution in [2.24, 2.45) is 0 Å². The molecule has 78 valence electrons. The summed E-state index contributed by atoms with van der Waals surface area (Å²) in [6.07, 6.45) is 1.67. The average molecular weight is 203 g/mol. The Labute approximate surface area is 88.3 Å². The highest BCUT2D eigenvalue weighted by molar-refractivity contribution is 5.47. The zero-order valence-corrected chi connectivity index (χ0v) is 8.77. The molecule has 0 saturated heterocycles. The number of ether oxygens (including phenoxy) is 1. The lowest BCUT2D eigenvalue weighted by Gasteiger charge is -2.08. The van der Waals surface area contributed by atoms with Crippen LogP contribution in [0.3, 0.4) is 0 Å². The summed E-state index contributed by atoms with van der Waals surface area (Å²) in [4.78, 5) is 0. The summed E-state index contributed by atoms with van der Waals surface area (Å²) in [5.41, 5.74) is 7.75. The van der Waals surface area contributed by atoms with Crippen molar-refractivity contribution in [3.63, 3.8) is 0 Å². The van der Waals surface area contributed by atoms with E-state index in [1.165, 1.54) is 0 Å². The lowest BCUT2D eigenvalue weighted by atomic mass is 10.2. The van der Waals surface area contributed by atoms with E-state index in [2.05, 4.69) is 5.10 Å². The van der Waals surface area contributed by atoms with E-state index in [0.29, 0.717) is 5.82 Å². The summed E-state index contributed by atoms with van der Waals surface area (Å²) in [6, 6.07) is 7.61. The molecule has 4 nitrogen and oxygen atoms in total. The van der Waals surface area contributed by atoms with Crippen LogP contribution < -0.4 is 10.5 Å². The van der Waals surface area contributed by atoms with Crippen molar-refractivity contribution < 1.29 is 4.74 Å². The second kappa shape index (κ2) is 3.65. The molecule has 2 aromatic rings. The normalized spacial score (nSPS) is 10.3. The number of hydrogen-bond acceptors (Lipinski definition) is 3. The molecule has 2 rings (SSSR count). The van der Waals surface area contributed by atoms with Crippen LogP contribution in [0, 0.1) is 6.92 Å². The molecule has 0 amide bonds. The maximum atomic E-state index is 5.76. The first-order chi connectivity index (χ1) is 7.22. The Morgan fingerprint density at radius 2 is 2.13 bits per heavy atom. The third kappa shape index (κ3) is 1.66. The summed E-state index contributed by atoms with van der Waals surface area (Å²) in [7, 11) is 1.65. The number of nitrogen functional groups attached to an aromatic ring is 1. The zero-order valence-electron chi connectivity index (χ0n) is 8.77. The highest BCUT2D eigenvalue weighted by Gasteiger charge is 2.04. The average Bonchev–Trinajstić information content (AvgIpc) is 2.65. The minimum atomic E-state index is 0.612. The number of hydrogen-bond donors (Lipinski definition) is 1. The van der Waals surface area contributed by atoms with Crippen molar-refractivity contribution in [1.82, 2.24) is 9.78 Å². The first-order valence-corrected chi connectivity index (χ1v) is 4.67. The molecule has 0 radical (unpaired) electrons. The number of aryl methyl sites for hydroxylation is 1. The summed E-state index contributed by atoms with van der Waals surface area (Å²) in [5.74, 6) is 1.45. The van der Waals surface area contributed by atoms with E-state index >= 15 is 0 Å². The molecule has 1 heterocycles. The standard InChI is InChI=1S/C11H13N3O/c1-8-3-4-9(7-10(8)15-2)14-11(12)5-6-13-14/h3-7H,12H2,1-2H3. The Kier molecular flexibility index (Phi) is 2.33. The molecule has 0 aliphatic heterocycles. The fourth-order valence-corrected chi connectivity index (χ4v) is 1.47. The molecule has 0 atom stereocenters. The van der Waals surface area contributed by atoms with Crippen LogP contribution in [-0.2, 0) is 0 Å². The Balaban J connectivity index is 2.51. The smallest absolute Gasteiger partial charge is 0.127 e. The van der Waals surface area contributed by atoms with Crippen molar-refractivity contribution in [3.8, 4) is 11.4 Å². The minimum Gasteiger partial charge on any atom is -0.496 e. The van der Waals surface area contributed by atoms with E-state index in [9.17, 15) is 0 Å². The predicted molar refractivity (Wildman–Crippen MR) is 59.3 cm³/mol. The van der Waals surface area contributed by atoms with Crippen LogP contribution in [0.2, 0.25) is 0 Å². The molecule has 0 bridgehead atoms. The topological polar surface area (TPSA) is 53.1 Å². The van der Waals surface area contributed by atoms with Crippen LogP contribution in [0.15, 0.2) is 30.5 Å². The summed E-state index contributed by atoms with van der Waals surface area (Å²) in [5, 5.41) is 4.13. The van der Waals surface area contributed by atoms with Crippen LogP contribution in [0.4, 0.5) is 5.82 Å². The van der Waals surface area contributed by atoms with Crippen LogP contribution in [0.5, 0.6) is 5.75 Å². The molecule has 2 N–H and O–H groups in total. The van der Waals surface area contributed by atoms with Crippen molar-refractivity contribution in [2.75, 3.05) is 12.8 Å². The van der Waals surface area contributed by atoms with Gasteiger partial charge in [0.2, 0.25) is 0 Å². The van der Waals surface area contributed by atoms with Gasteiger partial charge in [0.25, 0.3) is 0 Å². The second-order valence-electron chi connectivity index (χ2n) is 3.32. The molecule has 0 saturated carbocycles. The van der Waals surface area contributed by atoms with Gasteiger partial charge in [-0.05, 0) is 18.6 Å². The van der Waals surface area contributed by atoms with Gasteiger partial charge in [-0.2, -0.15) is 5.10 Å². The lowest BCUT2D eigenvalue weighted by molar-refractivity contribution is 0.411. The number of nitrogens with two attached hydrogens (primary N) is 1. The largest absolute Gasteiger partial charge is 0.496 e. The number of aromatic nitrogens is 2. The van der Waals surface area contributed by atoms with E-state index in [1.54, 1.807) is 24.1 Å². The van der Waals surface area contributed by atoms with Gasteiger partial charge in [-0.25, -0.2) is 4.68 Å². The van der Waals surface area contributed by atoms with Gasteiger partial charge in [-0.15, -0.1) is 0 Å². The molecule has 0 spiro atoms. The van der Waals surface area contributed by atoms with Gasteiger partial charge >= 0.3 is 0 Å². The fourth-order valence-electron chi connectivity index (χ4n) is 1.47. The van der Waals surface area contributed by atoms with Gasteiger partial charge in [0.15, 0.2) is 0 Å². The highest BCUT2D eigenvalue weighted by Crippen LogP contribution is 2.22. The van der Waals surface area contributed by atoms with Crippen molar-refractivity contribution >= 4 is 5.82 Å². The Morgan fingerprint density at radius 1 is 1.33 bits per heavy atom. The van der Waals surface area contributed by atoms with E-state index in [1.807, 2.05) is 25.1 Å². The SMILES string of the molecule is COc1cc(-n2nccc2N)ccc1C. The molecule has 0 fully saturated rings. The Bertz CT molecular complexity index is 476. The number of methoxy groups -OCH3 is 1. The van der Waals surface area contributed by atoms with Gasteiger partial charge in [0, 0.05) is 12.1 Å². The molecule has 0 unspecified atom stereocenters. The van der Waals surface area contributed by atoms with Gasteiger partial charge < -0.3 is 10.5 Å². The van der Waals surface area contributed by atoms with E-state index < -0.39 is 0 Å². The van der Waals surface area contributed by atoms with Gasteiger partial charge in [0.05, 0.1) is 19.0 Å². The molecule has 4 heteroatoms. The van der Waals surface area contributed by atoms with Crippen LogP contribution in [0.1, 0.15) is 5.56 Å². The molecule has 15 heavy (non-hydrogen) atoms. The molecular formula is C11H13N3O. The maximum Gasteiger partial charge on any atom is 0.127 e. The second-order valence-corrected chi connectivity index (χ2v) is 3.32. The van der Waals surface area contributed by atoms with E-state index in [-0.39, 0.29) is 0 Å². The maximum absolute atomic E-state index is 5.76. The summed E-state index contributed by atoms with van der Waals surface area (Å²) in [6.45, 7) is 2.00. The lowest BCUT2D eigenvalue weighted by Crippen LogP contribution is -2.02. The van der Waals surface area contributed by atoms with Crippen LogP contribution >= 0.6 is 0 Å². The molecule has 0 aliphatic carbocycles. The predicted octanol–water partition coefficient (Wildman–Crippen LogP) is 1.77. The number of anilines is 1. The van der Waals surface area contributed by atoms with Crippen LogP contribution in [-0.4, -0.2) is 16.9 Å². The Morgan fingerprint density at radius 3 is 2.73 bits per heavy atom. The quantitative estimate of drug-likeness (QED) is 0.809. The number of benzene rings is 1. The van der Waals surface area contributed by atoms with Gasteiger partial charge in [-0.3, -0.25) is 0 Å². The van der Waals surface area contributed by atoms with Gasteiger partial charge in [-0.1, -0.05) is 6.07 Å². The molecule has 1 aromatic carbocycles. The highest BCUT2D eigenvalue weighted by atomic mass is 16.5. The van der Waals surface area contributed by atoms with Crippen molar-refractivity contribution in [1.29, 1.82) is 0 Å². The fraction of sp³-hybridized carbons (Fsp3) is 0.182. The van der Waals surface area contributed by atoms with Crippen molar-refractivity contribution in [2.45, 2.75) is 6.92 Å². The minimum absolute atomic E-state index is 0.612. The summed E-state index contributed by atoms with van der Waals surface area (Å²) < 4.78 is 6.91. The monoisotopic (exact) mass is 203 g/mol. The summed E-state index contributed by atoms with van der Waals surface area (Å²) >= 11 is 0. The molecule has 0 aliphatic rings. The molecule has 1 aromatic heterocycles. The first kappa shape index (κ1) is 9.58. The first-order valence-electron chi connectivity index (χ1n) is 4.67. The van der Waals surface area contributed by atoms with E-state index in [0.717, 1.165) is 17.0 Å². The van der Waals surface area contributed by atoms with Crippen molar-refractivity contribution in [3.05, 3.63) is 36.0 Å². The Hall–Kier alpha value is -1.97. The third-order valence-corrected chi connectivity index (χ3v) is 2.31. The van der Waals surface area contributed by atoms with E-state index in [4.69, 9.17) is 10.5 Å². The molecular weight excluding hydrogens is 190 g/mol.